The van der Waals surface area contributed by atoms with Crippen LogP contribution in [0.2, 0.25) is 5.02 Å². The molecule has 134 valence electrons. The zero-order valence-electron chi connectivity index (χ0n) is 14.0. The second-order valence-electron chi connectivity index (χ2n) is 5.56. The number of carbonyl (C=O) groups is 1. The summed E-state index contributed by atoms with van der Waals surface area (Å²) in [6.45, 7) is 2.33. The first-order valence-electron chi connectivity index (χ1n) is 8.00. The van der Waals surface area contributed by atoms with Gasteiger partial charge in [0.2, 0.25) is 15.9 Å². The Hall–Kier alpha value is -1.89. The van der Waals surface area contributed by atoms with Crippen molar-refractivity contribution >= 4 is 27.5 Å². The summed E-state index contributed by atoms with van der Waals surface area (Å²) in [4.78, 5) is 12.2. The number of benzene rings is 2. The molecule has 0 spiro atoms. The monoisotopic (exact) mass is 380 g/mol. The Balaban J connectivity index is 2.28. The fourth-order valence-corrected chi connectivity index (χ4v) is 3.76. The Morgan fingerprint density at radius 3 is 2.32 bits per heavy atom. The van der Waals surface area contributed by atoms with Crippen LogP contribution in [0.5, 0.6) is 0 Å². The van der Waals surface area contributed by atoms with Gasteiger partial charge >= 0.3 is 0 Å². The van der Waals surface area contributed by atoms with Gasteiger partial charge in [-0.3, -0.25) is 4.79 Å². The number of amides is 1. The molecule has 2 rings (SSSR count). The second kappa shape index (κ2) is 8.99. The third kappa shape index (κ3) is 5.56. The first-order chi connectivity index (χ1) is 11.9. The molecule has 0 radical (unpaired) electrons. The van der Waals surface area contributed by atoms with E-state index in [1.54, 1.807) is 0 Å². The summed E-state index contributed by atoms with van der Waals surface area (Å²) in [5.41, 5.74) is 0.809. The van der Waals surface area contributed by atoms with Gasteiger partial charge in [-0.2, -0.15) is 4.31 Å². The molecule has 0 heterocycles. The summed E-state index contributed by atoms with van der Waals surface area (Å²) in [6.07, 6.45) is 0.786. The number of nitrogens with one attached hydrogen (secondary N) is 1. The normalized spacial score (nSPS) is 11.5. The molecule has 5 nitrogen and oxygen atoms in total. The average molecular weight is 381 g/mol. The largest absolute Gasteiger partial charge is 0.355 e. The lowest BCUT2D eigenvalue weighted by molar-refractivity contribution is -0.121. The van der Waals surface area contributed by atoms with E-state index in [4.69, 9.17) is 11.6 Å². The van der Waals surface area contributed by atoms with E-state index in [2.05, 4.69) is 5.32 Å². The van der Waals surface area contributed by atoms with Crippen LogP contribution in [0.3, 0.4) is 0 Å². The van der Waals surface area contributed by atoms with Gasteiger partial charge in [0.05, 0.1) is 11.4 Å². The van der Waals surface area contributed by atoms with Gasteiger partial charge in [-0.1, -0.05) is 48.9 Å². The molecule has 0 aliphatic heterocycles. The third-order valence-electron chi connectivity index (χ3n) is 3.55. The van der Waals surface area contributed by atoms with E-state index < -0.39 is 10.0 Å². The third-order valence-corrected chi connectivity index (χ3v) is 5.60. The predicted octanol–water partition coefficient (Wildman–Crippen LogP) is 3.06. The highest BCUT2D eigenvalue weighted by molar-refractivity contribution is 7.89. The van der Waals surface area contributed by atoms with Crippen LogP contribution >= 0.6 is 11.6 Å². The summed E-state index contributed by atoms with van der Waals surface area (Å²) in [6, 6.07) is 15.1. The lowest BCUT2D eigenvalue weighted by Crippen LogP contribution is -2.40. The molecule has 0 saturated heterocycles. The van der Waals surface area contributed by atoms with E-state index in [1.807, 2.05) is 37.3 Å². The molecule has 0 aliphatic carbocycles. The van der Waals surface area contributed by atoms with Gasteiger partial charge in [0.1, 0.15) is 0 Å². The summed E-state index contributed by atoms with van der Waals surface area (Å²) in [5.74, 6) is -0.324. The van der Waals surface area contributed by atoms with E-state index in [0.717, 1.165) is 12.0 Å². The molecular formula is C18H21ClN2O3S. The SMILES string of the molecule is CCCNC(=O)CN(Cc1ccccc1)S(=O)(=O)c1ccc(Cl)cc1. The van der Waals surface area contributed by atoms with E-state index in [1.165, 1.54) is 28.6 Å². The van der Waals surface area contributed by atoms with Crippen molar-refractivity contribution in [2.75, 3.05) is 13.1 Å². The van der Waals surface area contributed by atoms with Gasteiger partial charge in [0.15, 0.2) is 0 Å². The molecule has 0 unspecified atom stereocenters. The molecule has 0 aliphatic rings. The lowest BCUT2D eigenvalue weighted by Gasteiger charge is -2.22. The van der Waals surface area contributed by atoms with Crippen LogP contribution in [0.25, 0.3) is 0 Å². The predicted molar refractivity (Wildman–Crippen MR) is 98.8 cm³/mol. The Bertz CT molecular complexity index is 793. The topological polar surface area (TPSA) is 66.5 Å². The highest BCUT2D eigenvalue weighted by Gasteiger charge is 2.26. The smallest absolute Gasteiger partial charge is 0.243 e. The van der Waals surface area contributed by atoms with Gasteiger partial charge in [-0.15, -0.1) is 0 Å². The molecule has 0 bridgehead atoms. The zero-order valence-corrected chi connectivity index (χ0v) is 15.6. The van der Waals surface area contributed by atoms with Crippen molar-refractivity contribution in [3.63, 3.8) is 0 Å². The molecule has 0 aromatic heterocycles. The van der Waals surface area contributed by atoms with E-state index in [-0.39, 0.29) is 23.9 Å². The van der Waals surface area contributed by atoms with Crippen LogP contribution < -0.4 is 5.32 Å². The summed E-state index contributed by atoms with van der Waals surface area (Å²) in [7, 11) is -3.82. The molecule has 7 heteroatoms. The molecule has 2 aromatic carbocycles. The van der Waals surface area contributed by atoms with Crippen LogP contribution in [-0.2, 0) is 21.4 Å². The Kier molecular flexibility index (Phi) is 6.99. The van der Waals surface area contributed by atoms with Crippen molar-refractivity contribution in [1.82, 2.24) is 9.62 Å². The number of nitrogens with zero attached hydrogens (tertiary/aromatic N) is 1. The average Bonchev–Trinajstić information content (AvgIpc) is 2.60. The Morgan fingerprint density at radius 2 is 1.72 bits per heavy atom. The number of rotatable bonds is 8. The zero-order chi connectivity index (χ0) is 18.3. The molecular weight excluding hydrogens is 360 g/mol. The van der Waals surface area contributed by atoms with Crippen molar-refractivity contribution < 1.29 is 13.2 Å². The van der Waals surface area contributed by atoms with E-state index >= 15 is 0 Å². The summed E-state index contributed by atoms with van der Waals surface area (Å²) >= 11 is 5.84. The molecule has 2 aromatic rings. The molecule has 0 saturated carbocycles. The van der Waals surface area contributed by atoms with Crippen LogP contribution in [0.4, 0.5) is 0 Å². The fourth-order valence-electron chi connectivity index (χ4n) is 2.25. The minimum absolute atomic E-state index is 0.108. The minimum atomic E-state index is -3.82. The van der Waals surface area contributed by atoms with Crippen molar-refractivity contribution in [3.05, 3.63) is 65.2 Å². The van der Waals surface area contributed by atoms with E-state index in [0.29, 0.717) is 11.6 Å². The minimum Gasteiger partial charge on any atom is -0.355 e. The Morgan fingerprint density at radius 1 is 1.08 bits per heavy atom. The molecule has 0 atom stereocenters. The number of sulfonamides is 1. The number of hydrogen-bond donors (Lipinski definition) is 1. The second-order valence-corrected chi connectivity index (χ2v) is 7.94. The van der Waals surface area contributed by atoms with Crippen LogP contribution in [0, 0.1) is 0 Å². The van der Waals surface area contributed by atoms with Gasteiger partial charge in [0.25, 0.3) is 0 Å². The highest BCUT2D eigenvalue weighted by Crippen LogP contribution is 2.20. The highest BCUT2D eigenvalue weighted by atomic mass is 35.5. The first-order valence-corrected chi connectivity index (χ1v) is 9.81. The van der Waals surface area contributed by atoms with Gasteiger partial charge < -0.3 is 5.32 Å². The van der Waals surface area contributed by atoms with Crippen LogP contribution in [0.1, 0.15) is 18.9 Å². The molecule has 0 fully saturated rings. The summed E-state index contributed by atoms with van der Waals surface area (Å²) in [5, 5.41) is 3.17. The summed E-state index contributed by atoms with van der Waals surface area (Å²) < 4.78 is 27.1. The maximum atomic E-state index is 13.0. The van der Waals surface area contributed by atoms with Gasteiger partial charge in [-0.05, 0) is 36.2 Å². The molecule has 25 heavy (non-hydrogen) atoms. The fraction of sp³-hybridized carbons (Fsp3) is 0.278. The quantitative estimate of drug-likeness (QED) is 0.765. The van der Waals surface area contributed by atoms with Crippen molar-refractivity contribution in [2.45, 2.75) is 24.8 Å². The lowest BCUT2D eigenvalue weighted by atomic mass is 10.2. The number of carbonyl (C=O) groups excluding carboxylic acids is 1. The maximum absolute atomic E-state index is 13.0. The van der Waals surface area contributed by atoms with E-state index in [9.17, 15) is 13.2 Å². The number of halogens is 1. The standard InChI is InChI=1S/C18H21ClN2O3S/c1-2-12-20-18(22)14-21(13-15-6-4-3-5-7-15)25(23,24)17-10-8-16(19)9-11-17/h3-11H,2,12-14H2,1H3,(H,20,22). The van der Waals surface area contributed by atoms with Gasteiger partial charge in [0, 0.05) is 18.1 Å². The van der Waals surface area contributed by atoms with Crippen LogP contribution in [0.15, 0.2) is 59.5 Å². The number of hydrogen-bond acceptors (Lipinski definition) is 3. The molecule has 1 N–H and O–H groups in total. The van der Waals surface area contributed by atoms with Crippen LogP contribution in [-0.4, -0.2) is 31.7 Å². The Labute approximate surface area is 153 Å². The maximum Gasteiger partial charge on any atom is 0.243 e. The van der Waals surface area contributed by atoms with Crippen molar-refractivity contribution in [3.8, 4) is 0 Å². The first kappa shape index (κ1) is 19.4. The van der Waals surface area contributed by atoms with Crippen molar-refractivity contribution in [2.24, 2.45) is 0 Å². The molecule has 1 amide bonds. The van der Waals surface area contributed by atoms with Crippen molar-refractivity contribution in [1.29, 1.82) is 0 Å². The van der Waals surface area contributed by atoms with Gasteiger partial charge in [-0.25, -0.2) is 8.42 Å².